The number of carbonyl (C=O) groups excluding carboxylic acids is 1. The molecule has 0 aliphatic rings. The molecule has 4 rings (SSSR count). The van der Waals surface area contributed by atoms with Crippen LogP contribution in [0.15, 0.2) is 64.5 Å². The third-order valence-corrected chi connectivity index (χ3v) is 6.01. The summed E-state index contributed by atoms with van der Waals surface area (Å²) >= 11 is 1.37. The zero-order valence-electron chi connectivity index (χ0n) is 17.4. The highest BCUT2D eigenvalue weighted by molar-refractivity contribution is 8.00. The normalized spacial score (nSPS) is 12.0. The van der Waals surface area contributed by atoms with Crippen LogP contribution in [0, 0.1) is 13.8 Å². The predicted octanol–water partition coefficient (Wildman–Crippen LogP) is 4.44. The number of pyridine rings is 1. The molecular weight excluding hydrogens is 412 g/mol. The number of nitrogens with zero attached hydrogens (tertiary/aromatic N) is 5. The Morgan fingerprint density at radius 2 is 2.03 bits per heavy atom. The first kappa shape index (κ1) is 20.8. The van der Waals surface area contributed by atoms with Crippen LogP contribution in [0.5, 0.6) is 0 Å². The SMILES string of the molecule is CCC(Sc1nnc(-c2cccnc2)n1-c1ccccc1C)C(=O)Nc1cc(C)on1. The van der Waals surface area contributed by atoms with Gasteiger partial charge in [0.1, 0.15) is 5.76 Å². The van der Waals surface area contributed by atoms with Crippen molar-refractivity contribution in [2.24, 2.45) is 0 Å². The molecule has 3 aromatic heterocycles. The predicted molar refractivity (Wildman–Crippen MR) is 119 cm³/mol. The second-order valence-electron chi connectivity index (χ2n) is 7.00. The average molecular weight is 435 g/mol. The summed E-state index contributed by atoms with van der Waals surface area (Å²) in [6, 6.07) is 13.5. The number of para-hydroxylation sites is 1. The van der Waals surface area contributed by atoms with E-state index in [1.165, 1.54) is 11.8 Å². The van der Waals surface area contributed by atoms with Gasteiger partial charge in [-0.3, -0.25) is 14.3 Å². The third kappa shape index (κ3) is 4.51. The second-order valence-corrected chi connectivity index (χ2v) is 8.17. The molecule has 3 heterocycles. The van der Waals surface area contributed by atoms with E-state index in [-0.39, 0.29) is 11.2 Å². The summed E-state index contributed by atoms with van der Waals surface area (Å²) in [5.74, 6) is 1.55. The molecule has 0 spiro atoms. The molecular formula is C22H22N6O2S. The topological polar surface area (TPSA) is 98.7 Å². The minimum atomic E-state index is -0.384. The minimum absolute atomic E-state index is 0.164. The van der Waals surface area contributed by atoms with Gasteiger partial charge in [-0.05, 0) is 44.0 Å². The van der Waals surface area contributed by atoms with Crippen molar-refractivity contribution >= 4 is 23.5 Å². The number of hydrogen-bond acceptors (Lipinski definition) is 7. The van der Waals surface area contributed by atoms with E-state index in [1.54, 1.807) is 25.4 Å². The van der Waals surface area contributed by atoms with Crippen LogP contribution in [0.3, 0.4) is 0 Å². The van der Waals surface area contributed by atoms with Gasteiger partial charge in [0, 0.05) is 24.0 Å². The first-order chi connectivity index (χ1) is 15.1. The van der Waals surface area contributed by atoms with E-state index in [1.807, 2.05) is 54.8 Å². The van der Waals surface area contributed by atoms with Crippen molar-refractivity contribution in [2.45, 2.75) is 37.6 Å². The van der Waals surface area contributed by atoms with Gasteiger partial charge in [0.05, 0.1) is 10.9 Å². The molecule has 0 saturated heterocycles. The largest absolute Gasteiger partial charge is 0.360 e. The number of carbonyl (C=O) groups is 1. The lowest BCUT2D eigenvalue weighted by atomic mass is 10.2. The van der Waals surface area contributed by atoms with Crippen molar-refractivity contribution < 1.29 is 9.32 Å². The molecule has 31 heavy (non-hydrogen) atoms. The zero-order valence-corrected chi connectivity index (χ0v) is 18.3. The van der Waals surface area contributed by atoms with E-state index in [0.29, 0.717) is 29.0 Å². The fourth-order valence-corrected chi connectivity index (χ4v) is 4.11. The molecule has 0 aliphatic heterocycles. The molecule has 0 fully saturated rings. The van der Waals surface area contributed by atoms with E-state index < -0.39 is 0 Å². The minimum Gasteiger partial charge on any atom is -0.360 e. The van der Waals surface area contributed by atoms with Gasteiger partial charge < -0.3 is 9.84 Å². The maximum absolute atomic E-state index is 12.9. The van der Waals surface area contributed by atoms with Crippen LogP contribution in [-0.4, -0.2) is 36.1 Å². The number of aryl methyl sites for hydroxylation is 2. The fraction of sp³-hybridized carbons (Fsp3) is 0.227. The number of thioether (sulfide) groups is 1. The molecule has 0 aliphatic carbocycles. The van der Waals surface area contributed by atoms with Crippen LogP contribution in [0.1, 0.15) is 24.7 Å². The first-order valence-electron chi connectivity index (χ1n) is 9.89. The molecule has 1 N–H and O–H groups in total. The molecule has 1 atom stereocenters. The van der Waals surface area contributed by atoms with E-state index in [9.17, 15) is 4.79 Å². The number of benzene rings is 1. The van der Waals surface area contributed by atoms with Crippen molar-refractivity contribution in [1.82, 2.24) is 24.9 Å². The van der Waals surface area contributed by atoms with Crippen LogP contribution in [-0.2, 0) is 4.79 Å². The van der Waals surface area contributed by atoms with Gasteiger partial charge in [-0.15, -0.1) is 10.2 Å². The number of anilines is 1. The van der Waals surface area contributed by atoms with E-state index in [0.717, 1.165) is 16.8 Å². The van der Waals surface area contributed by atoms with Crippen LogP contribution in [0.2, 0.25) is 0 Å². The Morgan fingerprint density at radius 3 is 2.71 bits per heavy atom. The quantitative estimate of drug-likeness (QED) is 0.429. The summed E-state index contributed by atoms with van der Waals surface area (Å²) in [6.07, 6.45) is 4.08. The number of amides is 1. The number of aromatic nitrogens is 5. The first-order valence-corrected chi connectivity index (χ1v) is 10.8. The highest BCUT2D eigenvalue weighted by atomic mass is 32.2. The van der Waals surface area contributed by atoms with Crippen molar-refractivity contribution in [3.63, 3.8) is 0 Å². The van der Waals surface area contributed by atoms with Crippen LogP contribution < -0.4 is 5.32 Å². The summed E-state index contributed by atoms with van der Waals surface area (Å²) in [5.41, 5.74) is 2.88. The van der Waals surface area contributed by atoms with Crippen molar-refractivity contribution in [3.8, 4) is 17.1 Å². The summed E-state index contributed by atoms with van der Waals surface area (Å²) in [5, 5.41) is 15.8. The Kier molecular flexibility index (Phi) is 6.13. The van der Waals surface area contributed by atoms with Crippen molar-refractivity contribution in [3.05, 3.63) is 66.2 Å². The van der Waals surface area contributed by atoms with Gasteiger partial charge in [-0.2, -0.15) is 0 Å². The lowest BCUT2D eigenvalue weighted by molar-refractivity contribution is -0.115. The summed E-state index contributed by atoms with van der Waals surface area (Å²) < 4.78 is 7.01. The van der Waals surface area contributed by atoms with E-state index >= 15 is 0 Å². The number of nitrogens with one attached hydrogen (secondary N) is 1. The summed E-state index contributed by atoms with van der Waals surface area (Å²) in [7, 11) is 0. The molecule has 1 aromatic carbocycles. The molecule has 0 radical (unpaired) electrons. The van der Waals surface area contributed by atoms with Gasteiger partial charge >= 0.3 is 0 Å². The highest BCUT2D eigenvalue weighted by Gasteiger charge is 2.25. The summed E-state index contributed by atoms with van der Waals surface area (Å²) in [4.78, 5) is 17.1. The van der Waals surface area contributed by atoms with Crippen LogP contribution in [0.4, 0.5) is 5.82 Å². The van der Waals surface area contributed by atoms with Gasteiger partial charge in [0.15, 0.2) is 16.8 Å². The molecule has 9 heteroatoms. The number of rotatable bonds is 7. The maximum atomic E-state index is 12.9. The Labute approximate surface area is 184 Å². The monoisotopic (exact) mass is 434 g/mol. The second kappa shape index (κ2) is 9.13. The molecule has 0 bridgehead atoms. The van der Waals surface area contributed by atoms with Gasteiger partial charge in [-0.1, -0.05) is 42.0 Å². The van der Waals surface area contributed by atoms with Crippen molar-refractivity contribution in [2.75, 3.05) is 5.32 Å². The Balaban J connectivity index is 1.70. The van der Waals surface area contributed by atoms with Gasteiger partial charge in [-0.25, -0.2) is 0 Å². The molecule has 4 aromatic rings. The molecule has 8 nitrogen and oxygen atoms in total. The Hall–Kier alpha value is -3.46. The standard InChI is InChI=1S/C22H22N6O2S/c1-4-18(21(29)24-19-12-15(3)30-27-19)31-22-26-25-20(16-9-7-11-23-13-16)28(22)17-10-6-5-8-14(17)2/h5-13,18H,4H2,1-3H3,(H,24,27,29). The average Bonchev–Trinajstić information content (AvgIpc) is 3.38. The maximum Gasteiger partial charge on any atom is 0.239 e. The Bertz CT molecular complexity index is 1190. The van der Waals surface area contributed by atoms with Crippen LogP contribution in [0.25, 0.3) is 17.1 Å². The summed E-state index contributed by atoms with van der Waals surface area (Å²) in [6.45, 7) is 5.77. The molecule has 0 saturated carbocycles. The molecule has 1 unspecified atom stereocenters. The van der Waals surface area contributed by atoms with Crippen molar-refractivity contribution in [1.29, 1.82) is 0 Å². The lowest BCUT2D eigenvalue weighted by Gasteiger charge is -2.16. The third-order valence-electron chi connectivity index (χ3n) is 4.70. The molecule has 158 valence electrons. The van der Waals surface area contributed by atoms with E-state index in [4.69, 9.17) is 4.52 Å². The molecule has 1 amide bonds. The number of hydrogen-bond donors (Lipinski definition) is 1. The van der Waals surface area contributed by atoms with Crippen LogP contribution >= 0.6 is 11.8 Å². The zero-order chi connectivity index (χ0) is 21.8. The smallest absolute Gasteiger partial charge is 0.239 e. The fourth-order valence-electron chi connectivity index (χ4n) is 3.14. The highest BCUT2D eigenvalue weighted by Crippen LogP contribution is 2.32. The van der Waals surface area contributed by atoms with E-state index in [2.05, 4.69) is 25.7 Å². The van der Waals surface area contributed by atoms with Gasteiger partial charge in [0.25, 0.3) is 0 Å². The lowest BCUT2D eigenvalue weighted by Crippen LogP contribution is -2.25. The van der Waals surface area contributed by atoms with Gasteiger partial charge in [0.2, 0.25) is 5.91 Å². The Morgan fingerprint density at radius 1 is 1.19 bits per heavy atom.